The van der Waals surface area contributed by atoms with E-state index in [4.69, 9.17) is 4.74 Å². The lowest BCUT2D eigenvalue weighted by Crippen LogP contribution is -2.37. The van der Waals surface area contributed by atoms with E-state index in [0.29, 0.717) is 6.54 Å². The third kappa shape index (κ3) is 4.86. The Labute approximate surface area is 138 Å². The highest BCUT2D eigenvalue weighted by Gasteiger charge is 2.27. The van der Waals surface area contributed by atoms with E-state index in [-0.39, 0.29) is 24.2 Å². The van der Waals surface area contributed by atoms with Crippen molar-refractivity contribution in [2.45, 2.75) is 52.2 Å². The fourth-order valence-electron chi connectivity index (χ4n) is 3.00. The lowest BCUT2D eigenvalue weighted by Gasteiger charge is -2.23. The summed E-state index contributed by atoms with van der Waals surface area (Å²) in [5, 5.41) is 12.8. The van der Waals surface area contributed by atoms with E-state index < -0.39 is 0 Å². The molecule has 0 aliphatic heterocycles. The van der Waals surface area contributed by atoms with Gasteiger partial charge in [-0.2, -0.15) is 0 Å². The van der Waals surface area contributed by atoms with E-state index in [1.807, 2.05) is 39.0 Å². The molecule has 0 saturated heterocycles. The van der Waals surface area contributed by atoms with Gasteiger partial charge in [-0.1, -0.05) is 6.42 Å². The molecule has 1 aromatic carbocycles. The van der Waals surface area contributed by atoms with E-state index in [1.54, 1.807) is 11.9 Å². The molecule has 128 valence electrons. The zero-order valence-electron chi connectivity index (χ0n) is 14.5. The normalized spacial score (nSPS) is 20.6. The molecular weight excluding hydrogens is 292 g/mol. The Morgan fingerprint density at radius 2 is 2.17 bits per heavy atom. The van der Waals surface area contributed by atoms with Crippen LogP contribution in [-0.2, 0) is 0 Å². The molecule has 1 aliphatic rings. The summed E-state index contributed by atoms with van der Waals surface area (Å²) in [6.45, 7) is 6.52. The van der Waals surface area contributed by atoms with Crippen LogP contribution in [0.2, 0.25) is 0 Å². The van der Waals surface area contributed by atoms with Gasteiger partial charge < -0.3 is 20.1 Å². The predicted molar refractivity (Wildman–Crippen MR) is 91.9 cm³/mol. The molecule has 2 N–H and O–H groups in total. The number of aryl methyl sites for hydroxylation is 1. The van der Waals surface area contributed by atoms with Gasteiger partial charge in [-0.05, 0) is 57.4 Å². The summed E-state index contributed by atoms with van der Waals surface area (Å²) in [6.07, 6.45) is 2.71. The molecule has 1 fully saturated rings. The fraction of sp³-hybridized carbons (Fsp3) is 0.611. The topological polar surface area (TPSA) is 61.8 Å². The minimum absolute atomic E-state index is 0.123. The number of hydrogen-bond acceptors (Lipinski definition) is 3. The van der Waals surface area contributed by atoms with Gasteiger partial charge in [0, 0.05) is 25.2 Å². The van der Waals surface area contributed by atoms with Crippen molar-refractivity contribution in [3.05, 3.63) is 23.8 Å². The van der Waals surface area contributed by atoms with Crippen molar-refractivity contribution in [1.82, 2.24) is 4.90 Å². The van der Waals surface area contributed by atoms with Crippen LogP contribution in [0.25, 0.3) is 0 Å². The molecule has 2 atom stereocenters. The average Bonchev–Trinajstić information content (AvgIpc) is 2.87. The second-order valence-corrected chi connectivity index (χ2v) is 6.72. The summed E-state index contributed by atoms with van der Waals surface area (Å²) in [5.41, 5.74) is 1.74. The molecule has 2 unspecified atom stereocenters. The average molecular weight is 320 g/mol. The standard InChI is InChI=1S/C18H28N2O3/c1-12(2)23-17-9-8-15(10-13(17)3)19-18(22)20(4)11-14-6-5-7-16(14)21/h8-10,12,14,16,21H,5-7,11H2,1-4H3,(H,19,22). The second-order valence-electron chi connectivity index (χ2n) is 6.72. The van der Waals surface area contributed by atoms with E-state index in [1.165, 1.54) is 0 Å². The fourth-order valence-corrected chi connectivity index (χ4v) is 3.00. The number of ether oxygens (including phenoxy) is 1. The molecule has 0 spiro atoms. The van der Waals surface area contributed by atoms with Crippen molar-refractivity contribution >= 4 is 11.7 Å². The Bertz CT molecular complexity index is 545. The first kappa shape index (κ1) is 17.6. The van der Waals surface area contributed by atoms with Gasteiger partial charge in [0.25, 0.3) is 0 Å². The summed E-state index contributed by atoms with van der Waals surface area (Å²) < 4.78 is 5.70. The number of hydrogen-bond donors (Lipinski definition) is 2. The quantitative estimate of drug-likeness (QED) is 0.874. The minimum atomic E-state index is -0.278. The van der Waals surface area contributed by atoms with Gasteiger partial charge in [0.1, 0.15) is 5.75 Å². The van der Waals surface area contributed by atoms with E-state index >= 15 is 0 Å². The number of amides is 2. The number of benzene rings is 1. The molecule has 2 amide bonds. The Hall–Kier alpha value is -1.75. The maximum atomic E-state index is 12.3. The zero-order chi connectivity index (χ0) is 17.0. The largest absolute Gasteiger partial charge is 0.491 e. The summed E-state index contributed by atoms with van der Waals surface area (Å²) in [5.74, 6) is 1.02. The van der Waals surface area contributed by atoms with Gasteiger partial charge in [0.05, 0.1) is 12.2 Å². The Kier molecular flexibility index (Phi) is 5.88. The lowest BCUT2D eigenvalue weighted by molar-refractivity contribution is 0.116. The second kappa shape index (κ2) is 7.68. The number of carbonyl (C=O) groups excluding carboxylic acids is 1. The summed E-state index contributed by atoms with van der Waals surface area (Å²) >= 11 is 0. The van der Waals surface area contributed by atoms with Crippen molar-refractivity contribution in [3.63, 3.8) is 0 Å². The van der Waals surface area contributed by atoms with Crippen LogP contribution < -0.4 is 10.1 Å². The zero-order valence-corrected chi connectivity index (χ0v) is 14.5. The number of nitrogens with zero attached hydrogens (tertiary/aromatic N) is 1. The van der Waals surface area contributed by atoms with Crippen LogP contribution in [-0.4, -0.2) is 41.8 Å². The Morgan fingerprint density at radius 1 is 1.43 bits per heavy atom. The monoisotopic (exact) mass is 320 g/mol. The number of anilines is 1. The van der Waals surface area contributed by atoms with Crippen LogP contribution in [0.15, 0.2) is 18.2 Å². The third-order valence-corrected chi connectivity index (χ3v) is 4.26. The smallest absolute Gasteiger partial charge is 0.321 e. The predicted octanol–water partition coefficient (Wildman–Crippen LogP) is 3.41. The van der Waals surface area contributed by atoms with E-state index in [0.717, 1.165) is 36.3 Å². The molecule has 1 aromatic rings. The number of aliphatic hydroxyl groups is 1. The van der Waals surface area contributed by atoms with Crippen LogP contribution in [0, 0.1) is 12.8 Å². The molecular formula is C18H28N2O3. The molecule has 2 rings (SSSR count). The van der Waals surface area contributed by atoms with Gasteiger partial charge >= 0.3 is 6.03 Å². The summed E-state index contributed by atoms with van der Waals surface area (Å²) in [7, 11) is 1.77. The molecule has 1 aliphatic carbocycles. The van der Waals surface area contributed by atoms with Crippen molar-refractivity contribution in [2.24, 2.45) is 5.92 Å². The van der Waals surface area contributed by atoms with Gasteiger partial charge in [-0.15, -0.1) is 0 Å². The molecule has 0 radical (unpaired) electrons. The van der Waals surface area contributed by atoms with Crippen molar-refractivity contribution in [3.8, 4) is 5.75 Å². The van der Waals surface area contributed by atoms with Crippen LogP contribution in [0.3, 0.4) is 0 Å². The highest BCUT2D eigenvalue weighted by atomic mass is 16.5. The number of carbonyl (C=O) groups is 1. The van der Waals surface area contributed by atoms with Crippen LogP contribution in [0.1, 0.15) is 38.7 Å². The molecule has 0 bridgehead atoms. The maximum Gasteiger partial charge on any atom is 0.321 e. The van der Waals surface area contributed by atoms with E-state index in [9.17, 15) is 9.90 Å². The lowest BCUT2D eigenvalue weighted by atomic mass is 10.1. The highest BCUT2D eigenvalue weighted by molar-refractivity contribution is 5.89. The number of aliphatic hydroxyl groups excluding tert-OH is 1. The number of rotatable bonds is 5. The van der Waals surface area contributed by atoms with Crippen LogP contribution in [0.5, 0.6) is 5.75 Å². The molecule has 5 nitrogen and oxygen atoms in total. The minimum Gasteiger partial charge on any atom is -0.491 e. The van der Waals surface area contributed by atoms with Gasteiger partial charge in [-0.25, -0.2) is 4.79 Å². The number of urea groups is 1. The van der Waals surface area contributed by atoms with Crippen molar-refractivity contribution in [1.29, 1.82) is 0 Å². The van der Waals surface area contributed by atoms with Crippen LogP contribution in [0.4, 0.5) is 10.5 Å². The first-order chi connectivity index (χ1) is 10.9. The van der Waals surface area contributed by atoms with Gasteiger partial charge in [0.15, 0.2) is 0 Å². The van der Waals surface area contributed by atoms with Crippen molar-refractivity contribution < 1.29 is 14.6 Å². The van der Waals surface area contributed by atoms with Gasteiger partial charge in [-0.3, -0.25) is 0 Å². The third-order valence-electron chi connectivity index (χ3n) is 4.26. The SMILES string of the molecule is Cc1cc(NC(=O)N(C)CC2CCCC2O)ccc1OC(C)C. The Balaban J connectivity index is 1.92. The summed E-state index contributed by atoms with van der Waals surface area (Å²) in [4.78, 5) is 13.9. The molecule has 1 saturated carbocycles. The Morgan fingerprint density at radius 3 is 2.74 bits per heavy atom. The first-order valence-electron chi connectivity index (χ1n) is 8.34. The van der Waals surface area contributed by atoms with Crippen LogP contribution >= 0.6 is 0 Å². The summed E-state index contributed by atoms with van der Waals surface area (Å²) in [6, 6.07) is 5.49. The van der Waals surface area contributed by atoms with E-state index in [2.05, 4.69) is 5.32 Å². The molecule has 23 heavy (non-hydrogen) atoms. The molecule has 5 heteroatoms. The maximum absolute atomic E-state index is 12.3. The molecule has 0 heterocycles. The van der Waals surface area contributed by atoms with Crippen molar-refractivity contribution in [2.75, 3.05) is 18.9 Å². The van der Waals surface area contributed by atoms with Gasteiger partial charge in [0.2, 0.25) is 0 Å². The number of nitrogens with one attached hydrogen (secondary N) is 1. The first-order valence-corrected chi connectivity index (χ1v) is 8.34. The molecule has 0 aromatic heterocycles. The highest BCUT2D eigenvalue weighted by Crippen LogP contribution is 2.26.